The number of aryl methyl sites for hydroxylation is 2. The molecule has 2 unspecified atom stereocenters. The monoisotopic (exact) mass is 256 g/mol. The van der Waals surface area contributed by atoms with Crippen molar-refractivity contribution in [3.05, 3.63) is 70.0 Å². The number of fused-ring (bicyclic) bond motifs is 1. The molecule has 0 radical (unpaired) electrons. The lowest BCUT2D eigenvalue weighted by molar-refractivity contribution is 0.133. The second-order valence-electron chi connectivity index (χ2n) is 5.41. The van der Waals surface area contributed by atoms with Crippen LogP contribution in [0.15, 0.2) is 36.4 Å². The van der Waals surface area contributed by atoms with E-state index in [9.17, 15) is 9.50 Å². The van der Waals surface area contributed by atoms with Crippen molar-refractivity contribution in [2.75, 3.05) is 0 Å². The largest absolute Gasteiger partial charge is 0.388 e. The third-order valence-corrected chi connectivity index (χ3v) is 4.13. The highest BCUT2D eigenvalue weighted by Crippen LogP contribution is 2.44. The Morgan fingerprint density at radius 3 is 2.42 bits per heavy atom. The van der Waals surface area contributed by atoms with Crippen LogP contribution in [0.2, 0.25) is 0 Å². The van der Waals surface area contributed by atoms with Crippen LogP contribution >= 0.6 is 0 Å². The lowest BCUT2D eigenvalue weighted by Crippen LogP contribution is -2.24. The minimum Gasteiger partial charge on any atom is -0.388 e. The number of halogens is 1. The first-order valence-electron chi connectivity index (χ1n) is 6.60. The SMILES string of the molecule is Cc1cc(F)cc(C)c1C(O)C1Cc2ccccc21. The Kier molecular flexibility index (Phi) is 2.90. The van der Waals surface area contributed by atoms with Crippen LogP contribution in [0.1, 0.15) is 39.8 Å². The Balaban J connectivity index is 1.97. The van der Waals surface area contributed by atoms with Gasteiger partial charge in [-0.15, -0.1) is 0 Å². The summed E-state index contributed by atoms with van der Waals surface area (Å²) in [5.41, 5.74) is 5.06. The molecule has 0 aromatic heterocycles. The summed E-state index contributed by atoms with van der Waals surface area (Å²) in [4.78, 5) is 0. The highest BCUT2D eigenvalue weighted by Gasteiger charge is 2.33. The third kappa shape index (κ3) is 1.96. The lowest BCUT2D eigenvalue weighted by atomic mass is 9.72. The van der Waals surface area contributed by atoms with Gasteiger partial charge in [0.25, 0.3) is 0 Å². The van der Waals surface area contributed by atoms with Crippen LogP contribution in [-0.4, -0.2) is 5.11 Å². The van der Waals surface area contributed by atoms with Gasteiger partial charge in [0.1, 0.15) is 5.82 Å². The fourth-order valence-electron chi connectivity index (χ4n) is 3.17. The number of hydrogen-bond donors (Lipinski definition) is 1. The van der Waals surface area contributed by atoms with E-state index in [0.717, 1.165) is 23.1 Å². The van der Waals surface area contributed by atoms with Crippen LogP contribution in [0.4, 0.5) is 4.39 Å². The molecule has 0 saturated carbocycles. The summed E-state index contributed by atoms with van der Waals surface area (Å²) in [7, 11) is 0. The molecule has 0 heterocycles. The molecule has 0 aliphatic heterocycles. The fourth-order valence-corrected chi connectivity index (χ4v) is 3.17. The van der Waals surface area contributed by atoms with Gasteiger partial charge in [0.05, 0.1) is 6.10 Å². The molecule has 2 aromatic carbocycles. The molecule has 0 saturated heterocycles. The maximum absolute atomic E-state index is 13.3. The zero-order chi connectivity index (χ0) is 13.6. The van der Waals surface area contributed by atoms with Crippen LogP contribution < -0.4 is 0 Å². The first-order valence-corrected chi connectivity index (χ1v) is 6.60. The van der Waals surface area contributed by atoms with Crippen LogP contribution in [-0.2, 0) is 6.42 Å². The fraction of sp³-hybridized carbons (Fsp3) is 0.294. The predicted molar refractivity (Wildman–Crippen MR) is 73.7 cm³/mol. The molecule has 0 bridgehead atoms. The van der Waals surface area contributed by atoms with E-state index in [-0.39, 0.29) is 11.7 Å². The Bertz CT molecular complexity index is 610. The minimum absolute atomic E-state index is 0.138. The van der Waals surface area contributed by atoms with Crippen LogP contribution in [0, 0.1) is 19.7 Å². The number of aliphatic hydroxyl groups is 1. The molecule has 19 heavy (non-hydrogen) atoms. The van der Waals surface area contributed by atoms with Crippen molar-refractivity contribution in [1.29, 1.82) is 0 Å². The Hall–Kier alpha value is -1.67. The van der Waals surface area contributed by atoms with Gasteiger partial charge < -0.3 is 5.11 Å². The normalized spacial score (nSPS) is 18.6. The summed E-state index contributed by atoms with van der Waals surface area (Å²) < 4.78 is 13.3. The van der Waals surface area contributed by atoms with Gasteiger partial charge in [-0.3, -0.25) is 0 Å². The second-order valence-corrected chi connectivity index (χ2v) is 5.41. The predicted octanol–water partition coefficient (Wildman–Crippen LogP) is 3.82. The molecule has 2 heteroatoms. The summed E-state index contributed by atoms with van der Waals surface area (Å²) in [5.74, 6) is -0.0981. The maximum Gasteiger partial charge on any atom is 0.123 e. The molecular formula is C17H17FO. The van der Waals surface area contributed by atoms with Crippen molar-refractivity contribution in [2.24, 2.45) is 0 Å². The summed E-state index contributed by atoms with van der Waals surface area (Å²) >= 11 is 0. The van der Waals surface area contributed by atoms with Crippen molar-refractivity contribution < 1.29 is 9.50 Å². The highest BCUT2D eigenvalue weighted by atomic mass is 19.1. The van der Waals surface area contributed by atoms with Crippen molar-refractivity contribution in [3.63, 3.8) is 0 Å². The molecular weight excluding hydrogens is 239 g/mol. The number of rotatable bonds is 2. The quantitative estimate of drug-likeness (QED) is 0.866. The highest BCUT2D eigenvalue weighted by molar-refractivity contribution is 5.45. The third-order valence-electron chi connectivity index (χ3n) is 4.13. The summed E-state index contributed by atoms with van der Waals surface area (Å²) in [6.07, 6.45) is 0.351. The number of benzene rings is 2. The van der Waals surface area contributed by atoms with E-state index in [0.29, 0.717) is 0 Å². The molecule has 1 aliphatic rings. The molecule has 2 aromatic rings. The van der Waals surface area contributed by atoms with Gasteiger partial charge in [0, 0.05) is 5.92 Å². The van der Waals surface area contributed by atoms with Gasteiger partial charge in [0.2, 0.25) is 0 Å². The molecule has 2 atom stereocenters. The van der Waals surface area contributed by atoms with Gasteiger partial charge in [-0.1, -0.05) is 24.3 Å². The second kappa shape index (κ2) is 4.46. The van der Waals surface area contributed by atoms with E-state index in [2.05, 4.69) is 12.1 Å². The standard InChI is InChI=1S/C17H17FO/c1-10-7-13(18)8-11(2)16(10)17(19)15-9-12-5-3-4-6-14(12)15/h3-8,15,17,19H,9H2,1-2H3. The Morgan fingerprint density at radius 2 is 1.79 bits per heavy atom. The van der Waals surface area contributed by atoms with Crippen molar-refractivity contribution in [1.82, 2.24) is 0 Å². The number of hydrogen-bond acceptors (Lipinski definition) is 1. The Morgan fingerprint density at radius 1 is 1.16 bits per heavy atom. The van der Waals surface area contributed by atoms with Crippen molar-refractivity contribution in [2.45, 2.75) is 32.3 Å². The molecule has 1 nitrogen and oxygen atoms in total. The molecule has 98 valence electrons. The van der Waals surface area contributed by atoms with Gasteiger partial charge in [-0.2, -0.15) is 0 Å². The summed E-state index contributed by atoms with van der Waals surface area (Å²) in [5, 5.41) is 10.6. The maximum atomic E-state index is 13.3. The average molecular weight is 256 g/mol. The smallest absolute Gasteiger partial charge is 0.123 e. The minimum atomic E-state index is -0.546. The molecule has 0 spiro atoms. The Labute approximate surface area is 112 Å². The van der Waals surface area contributed by atoms with Gasteiger partial charge in [-0.25, -0.2) is 4.39 Å². The van der Waals surface area contributed by atoms with Crippen LogP contribution in [0.5, 0.6) is 0 Å². The van der Waals surface area contributed by atoms with Crippen molar-refractivity contribution in [3.8, 4) is 0 Å². The van der Waals surface area contributed by atoms with E-state index in [1.165, 1.54) is 23.3 Å². The topological polar surface area (TPSA) is 20.2 Å². The first kappa shape index (κ1) is 12.4. The summed E-state index contributed by atoms with van der Waals surface area (Å²) in [6.45, 7) is 3.72. The lowest BCUT2D eigenvalue weighted by Gasteiger charge is -2.35. The average Bonchev–Trinajstić information content (AvgIpc) is 2.29. The first-order chi connectivity index (χ1) is 9.08. The van der Waals surface area contributed by atoms with E-state index < -0.39 is 6.10 Å². The van der Waals surface area contributed by atoms with Crippen LogP contribution in [0.25, 0.3) is 0 Å². The summed E-state index contributed by atoms with van der Waals surface area (Å²) in [6, 6.07) is 11.2. The molecule has 1 N–H and O–H groups in total. The molecule has 0 fully saturated rings. The zero-order valence-corrected chi connectivity index (χ0v) is 11.2. The van der Waals surface area contributed by atoms with E-state index in [1.807, 2.05) is 26.0 Å². The van der Waals surface area contributed by atoms with Crippen molar-refractivity contribution >= 4 is 0 Å². The molecule has 0 amide bonds. The van der Waals surface area contributed by atoms with Gasteiger partial charge >= 0.3 is 0 Å². The van der Waals surface area contributed by atoms with E-state index in [1.54, 1.807) is 0 Å². The van der Waals surface area contributed by atoms with Crippen LogP contribution in [0.3, 0.4) is 0 Å². The van der Waals surface area contributed by atoms with Gasteiger partial charge in [0.15, 0.2) is 0 Å². The zero-order valence-electron chi connectivity index (χ0n) is 11.2. The number of aliphatic hydroxyl groups excluding tert-OH is 1. The van der Waals surface area contributed by atoms with Gasteiger partial charge in [-0.05, 0) is 60.2 Å². The molecule has 3 rings (SSSR count). The molecule has 1 aliphatic carbocycles. The van der Waals surface area contributed by atoms with E-state index in [4.69, 9.17) is 0 Å². The van der Waals surface area contributed by atoms with E-state index >= 15 is 0 Å².